The Hall–Kier alpha value is -1.12. The van der Waals surface area contributed by atoms with Crippen molar-refractivity contribution in [2.45, 2.75) is 18.9 Å². The molecule has 1 fully saturated rings. The summed E-state index contributed by atoms with van der Waals surface area (Å²) in [5, 5.41) is 8.59. The van der Waals surface area contributed by atoms with Gasteiger partial charge in [-0.05, 0) is 12.3 Å². The lowest BCUT2D eigenvalue weighted by Gasteiger charge is -2.34. The number of piperidine rings is 1. The predicted octanol–water partition coefficient (Wildman–Crippen LogP) is -0.278. The lowest BCUT2D eigenvalue weighted by molar-refractivity contribution is -0.142. The average Bonchev–Trinajstić information content (AvgIpc) is 2.17. The number of rotatable bonds is 3. The van der Waals surface area contributed by atoms with Gasteiger partial charge < -0.3 is 10.5 Å². The molecule has 0 amide bonds. The second-order valence-electron chi connectivity index (χ2n) is 3.99. The normalized spacial score (nSPS) is 27.0. The van der Waals surface area contributed by atoms with Gasteiger partial charge >= 0.3 is 5.97 Å². The summed E-state index contributed by atoms with van der Waals surface area (Å²) in [5.74, 6) is 0.0144. The zero-order chi connectivity index (χ0) is 11.3. The van der Waals surface area contributed by atoms with Crippen LogP contribution in [0.15, 0.2) is 0 Å². The van der Waals surface area contributed by atoms with E-state index in [-0.39, 0.29) is 17.9 Å². The smallest absolute Gasteiger partial charge is 0.305 e. The first kappa shape index (κ1) is 12.0. The Balaban J connectivity index is 2.45. The van der Waals surface area contributed by atoms with Gasteiger partial charge in [0.15, 0.2) is 0 Å². The van der Waals surface area contributed by atoms with Crippen LogP contribution in [0, 0.1) is 17.2 Å². The summed E-state index contributed by atoms with van der Waals surface area (Å²) in [4.78, 5) is 13.1. The van der Waals surface area contributed by atoms with E-state index in [0.717, 1.165) is 19.5 Å². The van der Waals surface area contributed by atoms with E-state index in [9.17, 15) is 4.79 Å². The van der Waals surface area contributed by atoms with Crippen LogP contribution in [0.3, 0.4) is 0 Å². The predicted molar refractivity (Wildman–Crippen MR) is 54.8 cm³/mol. The highest BCUT2D eigenvalue weighted by atomic mass is 16.5. The minimum absolute atomic E-state index is 0.0572. The Morgan fingerprint density at radius 2 is 2.40 bits per heavy atom. The van der Waals surface area contributed by atoms with Crippen LogP contribution in [0.2, 0.25) is 0 Å². The third kappa shape index (κ3) is 3.86. The van der Waals surface area contributed by atoms with Crippen molar-refractivity contribution in [3.63, 3.8) is 0 Å². The number of nitriles is 1. The molecule has 15 heavy (non-hydrogen) atoms. The van der Waals surface area contributed by atoms with Crippen LogP contribution in [0.5, 0.6) is 0 Å². The molecule has 2 unspecified atom stereocenters. The average molecular weight is 211 g/mol. The molecule has 2 atom stereocenters. The minimum atomic E-state index is -0.203. The van der Waals surface area contributed by atoms with Crippen molar-refractivity contribution >= 4 is 5.97 Å². The third-order valence-electron chi connectivity index (χ3n) is 2.62. The number of likely N-dealkylation sites (tertiary alicyclic amines) is 1. The molecule has 84 valence electrons. The van der Waals surface area contributed by atoms with Crippen molar-refractivity contribution in [1.29, 1.82) is 5.26 Å². The van der Waals surface area contributed by atoms with Gasteiger partial charge in [-0.1, -0.05) is 0 Å². The van der Waals surface area contributed by atoms with E-state index in [1.807, 2.05) is 4.90 Å². The van der Waals surface area contributed by atoms with E-state index in [2.05, 4.69) is 10.8 Å². The van der Waals surface area contributed by atoms with E-state index in [1.54, 1.807) is 0 Å². The van der Waals surface area contributed by atoms with Crippen LogP contribution in [-0.2, 0) is 9.53 Å². The number of carbonyl (C=O) groups excluding carboxylic acids is 1. The summed E-state index contributed by atoms with van der Waals surface area (Å²) in [7, 11) is 1.39. The zero-order valence-electron chi connectivity index (χ0n) is 8.98. The first-order valence-corrected chi connectivity index (χ1v) is 5.07. The maximum Gasteiger partial charge on any atom is 0.305 e. The summed E-state index contributed by atoms with van der Waals surface area (Å²) in [6.07, 6.45) is 1.23. The first-order valence-electron chi connectivity index (χ1n) is 5.07. The Kier molecular flexibility index (Phi) is 4.53. The Morgan fingerprint density at radius 3 is 3.00 bits per heavy atom. The molecule has 0 radical (unpaired) electrons. The number of esters is 1. The van der Waals surface area contributed by atoms with Gasteiger partial charge in [-0.15, -0.1) is 0 Å². The monoisotopic (exact) mass is 211 g/mol. The first-order chi connectivity index (χ1) is 7.15. The highest BCUT2D eigenvalue weighted by Gasteiger charge is 2.26. The van der Waals surface area contributed by atoms with Gasteiger partial charge in [0.25, 0.3) is 0 Å². The number of methoxy groups -OCH3 is 1. The van der Waals surface area contributed by atoms with Crippen LogP contribution in [0.25, 0.3) is 0 Å². The van der Waals surface area contributed by atoms with Gasteiger partial charge in [0, 0.05) is 25.6 Å². The summed E-state index contributed by atoms with van der Waals surface area (Å²) >= 11 is 0. The van der Waals surface area contributed by atoms with Gasteiger partial charge in [0.1, 0.15) is 0 Å². The third-order valence-corrected chi connectivity index (χ3v) is 2.62. The van der Waals surface area contributed by atoms with Crippen LogP contribution in [-0.4, -0.2) is 43.7 Å². The SMILES string of the molecule is COC(=O)CC1CC(N)CN(CC#N)C1. The Bertz CT molecular complexity index is 262. The number of nitrogens with zero attached hydrogens (tertiary/aromatic N) is 2. The molecule has 1 saturated heterocycles. The van der Waals surface area contributed by atoms with Crippen molar-refractivity contribution in [1.82, 2.24) is 4.90 Å². The molecule has 0 aromatic carbocycles. The molecule has 5 heteroatoms. The van der Waals surface area contributed by atoms with Crippen LogP contribution in [0.4, 0.5) is 0 Å². The number of nitrogens with two attached hydrogens (primary N) is 1. The fourth-order valence-electron chi connectivity index (χ4n) is 2.04. The minimum Gasteiger partial charge on any atom is -0.469 e. The molecule has 1 heterocycles. The molecule has 5 nitrogen and oxygen atoms in total. The van der Waals surface area contributed by atoms with Crippen molar-refractivity contribution in [3.05, 3.63) is 0 Å². The molecular formula is C10H17N3O2. The molecule has 1 aliphatic heterocycles. The number of hydrogen-bond donors (Lipinski definition) is 1. The van der Waals surface area contributed by atoms with E-state index < -0.39 is 0 Å². The van der Waals surface area contributed by atoms with Crippen molar-refractivity contribution in [3.8, 4) is 6.07 Å². The van der Waals surface area contributed by atoms with Crippen LogP contribution in [0.1, 0.15) is 12.8 Å². The largest absolute Gasteiger partial charge is 0.469 e. The van der Waals surface area contributed by atoms with Gasteiger partial charge in [0.05, 0.1) is 19.7 Å². The topological polar surface area (TPSA) is 79.3 Å². The summed E-state index contributed by atoms with van der Waals surface area (Å²) in [5.41, 5.74) is 5.86. The molecule has 0 bridgehead atoms. The van der Waals surface area contributed by atoms with Gasteiger partial charge in [-0.2, -0.15) is 5.26 Å². The zero-order valence-corrected chi connectivity index (χ0v) is 8.98. The maximum absolute atomic E-state index is 11.1. The fraction of sp³-hybridized carbons (Fsp3) is 0.800. The number of carbonyl (C=O) groups is 1. The van der Waals surface area contributed by atoms with Gasteiger partial charge in [0.2, 0.25) is 0 Å². The highest BCUT2D eigenvalue weighted by Crippen LogP contribution is 2.19. The second-order valence-corrected chi connectivity index (χ2v) is 3.99. The second kappa shape index (κ2) is 5.69. The summed E-state index contributed by atoms with van der Waals surface area (Å²) in [6, 6.07) is 2.16. The molecular weight excluding hydrogens is 194 g/mol. The molecule has 0 spiro atoms. The van der Waals surface area contributed by atoms with E-state index in [1.165, 1.54) is 7.11 Å². The van der Waals surface area contributed by atoms with Crippen molar-refractivity contribution < 1.29 is 9.53 Å². The van der Waals surface area contributed by atoms with E-state index in [4.69, 9.17) is 11.0 Å². The standard InChI is InChI=1S/C10H17N3O2/c1-15-10(14)5-8-4-9(12)7-13(6-8)3-2-11/h8-9H,3-7,12H2,1H3. The lowest BCUT2D eigenvalue weighted by atomic mass is 9.92. The molecule has 0 aromatic rings. The Morgan fingerprint density at radius 1 is 1.67 bits per heavy atom. The molecule has 1 aliphatic rings. The van der Waals surface area contributed by atoms with Crippen LogP contribution < -0.4 is 5.73 Å². The van der Waals surface area contributed by atoms with Gasteiger partial charge in [-0.3, -0.25) is 9.69 Å². The summed E-state index contributed by atoms with van der Waals surface area (Å²) in [6.45, 7) is 1.88. The van der Waals surface area contributed by atoms with Crippen LogP contribution >= 0.6 is 0 Å². The summed E-state index contributed by atoms with van der Waals surface area (Å²) < 4.78 is 4.62. The van der Waals surface area contributed by atoms with E-state index >= 15 is 0 Å². The quantitative estimate of drug-likeness (QED) is 0.513. The van der Waals surface area contributed by atoms with Gasteiger partial charge in [-0.25, -0.2) is 0 Å². The molecule has 1 rings (SSSR count). The number of ether oxygens (including phenoxy) is 1. The Labute approximate surface area is 89.8 Å². The fourth-order valence-corrected chi connectivity index (χ4v) is 2.04. The highest BCUT2D eigenvalue weighted by molar-refractivity contribution is 5.69. The van der Waals surface area contributed by atoms with Crippen molar-refractivity contribution in [2.24, 2.45) is 11.7 Å². The molecule has 0 aliphatic carbocycles. The molecule has 0 saturated carbocycles. The van der Waals surface area contributed by atoms with E-state index in [0.29, 0.717) is 13.0 Å². The van der Waals surface area contributed by atoms with Crippen molar-refractivity contribution in [2.75, 3.05) is 26.7 Å². The molecule has 2 N–H and O–H groups in total. The maximum atomic E-state index is 11.1. The lowest BCUT2D eigenvalue weighted by Crippen LogP contribution is -2.47. The molecule has 0 aromatic heterocycles. The number of hydrogen-bond acceptors (Lipinski definition) is 5.